The van der Waals surface area contributed by atoms with E-state index >= 15 is 0 Å². The predicted octanol–water partition coefficient (Wildman–Crippen LogP) is 2.57. The Balaban J connectivity index is 1.29. The number of hydrogen-bond acceptors (Lipinski definition) is 5. The summed E-state index contributed by atoms with van der Waals surface area (Å²) >= 11 is 1.72. The van der Waals surface area contributed by atoms with Crippen LogP contribution in [0.4, 0.5) is 0 Å². The standard InChI is InChI=1S/C21H29N3O3S/c25-19(9-12-24-20(26)15-6-1-2-7-16(15)21(24)27)22-14-17(18-8-5-13-28-18)23-10-3-4-11-23/h5,8,13,15-17H,1-4,6-7,9-12,14H2,(H,22,25)/t15-,16+,17-/m0/s1. The summed E-state index contributed by atoms with van der Waals surface area (Å²) in [5, 5.41) is 5.11. The molecule has 0 aromatic carbocycles. The Morgan fingerprint density at radius 3 is 2.39 bits per heavy atom. The van der Waals surface area contributed by atoms with Crippen molar-refractivity contribution in [1.29, 1.82) is 0 Å². The largest absolute Gasteiger partial charge is 0.354 e. The van der Waals surface area contributed by atoms with E-state index in [1.165, 1.54) is 22.6 Å². The van der Waals surface area contributed by atoms with Crippen molar-refractivity contribution in [2.24, 2.45) is 11.8 Å². The van der Waals surface area contributed by atoms with Gasteiger partial charge in [0.25, 0.3) is 0 Å². The Hall–Kier alpha value is -1.73. The summed E-state index contributed by atoms with van der Waals surface area (Å²) in [4.78, 5) is 42.5. The van der Waals surface area contributed by atoms with Crippen LogP contribution in [0.3, 0.4) is 0 Å². The molecule has 0 spiro atoms. The lowest BCUT2D eigenvalue weighted by atomic mass is 9.81. The summed E-state index contributed by atoms with van der Waals surface area (Å²) < 4.78 is 0. The summed E-state index contributed by atoms with van der Waals surface area (Å²) in [6, 6.07) is 4.39. The van der Waals surface area contributed by atoms with E-state index in [4.69, 9.17) is 0 Å². The molecule has 1 aromatic rings. The molecule has 3 aliphatic rings. The van der Waals surface area contributed by atoms with E-state index in [9.17, 15) is 14.4 Å². The maximum absolute atomic E-state index is 12.5. The molecule has 3 atom stereocenters. The van der Waals surface area contributed by atoms with Gasteiger partial charge in [0.05, 0.1) is 17.9 Å². The molecule has 1 N–H and O–H groups in total. The lowest BCUT2D eigenvalue weighted by Crippen LogP contribution is -2.39. The topological polar surface area (TPSA) is 69.7 Å². The molecule has 6 nitrogen and oxygen atoms in total. The van der Waals surface area contributed by atoms with Crippen LogP contribution < -0.4 is 5.32 Å². The van der Waals surface area contributed by atoms with Crippen molar-refractivity contribution in [2.75, 3.05) is 26.2 Å². The highest BCUT2D eigenvalue weighted by Gasteiger charge is 2.47. The molecule has 1 saturated carbocycles. The van der Waals surface area contributed by atoms with E-state index in [2.05, 4.69) is 27.7 Å². The number of hydrogen-bond donors (Lipinski definition) is 1. The van der Waals surface area contributed by atoms with Crippen molar-refractivity contribution >= 4 is 29.1 Å². The lowest BCUT2D eigenvalue weighted by molar-refractivity contribution is -0.140. The fourth-order valence-corrected chi connectivity index (χ4v) is 5.77. The first-order valence-electron chi connectivity index (χ1n) is 10.5. The second-order valence-corrected chi connectivity index (χ2v) is 9.13. The molecular weight excluding hydrogens is 374 g/mol. The molecule has 0 radical (unpaired) electrons. The average Bonchev–Trinajstić information content (AvgIpc) is 3.45. The summed E-state index contributed by atoms with van der Waals surface area (Å²) in [7, 11) is 0. The van der Waals surface area contributed by atoms with Crippen molar-refractivity contribution in [3.8, 4) is 0 Å². The first-order valence-corrected chi connectivity index (χ1v) is 11.4. The number of amides is 3. The Labute approximate surface area is 170 Å². The van der Waals surface area contributed by atoms with E-state index in [-0.39, 0.29) is 48.6 Å². The van der Waals surface area contributed by atoms with Crippen LogP contribution in [0, 0.1) is 11.8 Å². The van der Waals surface area contributed by atoms with Crippen LogP contribution in [0.2, 0.25) is 0 Å². The highest BCUT2D eigenvalue weighted by Crippen LogP contribution is 2.38. The van der Waals surface area contributed by atoms with E-state index < -0.39 is 0 Å². The molecule has 0 unspecified atom stereocenters. The smallest absolute Gasteiger partial charge is 0.233 e. The van der Waals surface area contributed by atoms with Gasteiger partial charge in [-0.25, -0.2) is 0 Å². The minimum absolute atomic E-state index is 0.0592. The van der Waals surface area contributed by atoms with Crippen LogP contribution in [0.5, 0.6) is 0 Å². The Kier molecular flexibility index (Phi) is 6.11. The third-order valence-electron chi connectivity index (χ3n) is 6.44. The van der Waals surface area contributed by atoms with Gasteiger partial charge in [-0.2, -0.15) is 0 Å². The second kappa shape index (κ2) is 8.74. The van der Waals surface area contributed by atoms with Crippen LogP contribution in [-0.4, -0.2) is 53.7 Å². The Morgan fingerprint density at radius 1 is 1.11 bits per heavy atom. The zero-order valence-electron chi connectivity index (χ0n) is 16.3. The van der Waals surface area contributed by atoms with Gasteiger partial charge in [0.1, 0.15) is 0 Å². The minimum Gasteiger partial charge on any atom is -0.354 e. The van der Waals surface area contributed by atoms with Crippen molar-refractivity contribution in [1.82, 2.24) is 15.1 Å². The molecule has 28 heavy (non-hydrogen) atoms. The molecule has 4 rings (SSSR count). The van der Waals surface area contributed by atoms with Crippen molar-refractivity contribution in [2.45, 2.75) is 51.0 Å². The highest BCUT2D eigenvalue weighted by molar-refractivity contribution is 7.10. The molecule has 2 saturated heterocycles. The predicted molar refractivity (Wildman–Crippen MR) is 108 cm³/mol. The van der Waals surface area contributed by atoms with Crippen molar-refractivity contribution < 1.29 is 14.4 Å². The van der Waals surface area contributed by atoms with Gasteiger partial charge >= 0.3 is 0 Å². The molecule has 2 aliphatic heterocycles. The molecule has 3 heterocycles. The minimum atomic E-state index is -0.136. The summed E-state index contributed by atoms with van der Waals surface area (Å²) in [5.41, 5.74) is 0. The molecule has 152 valence electrons. The molecular formula is C21H29N3O3S. The van der Waals surface area contributed by atoms with Gasteiger partial charge < -0.3 is 5.32 Å². The maximum Gasteiger partial charge on any atom is 0.233 e. The van der Waals surface area contributed by atoms with Crippen LogP contribution in [0.25, 0.3) is 0 Å². The van der Waals surface area contributed by atoms with Gasteiger partial charge in [-0.05, 0) is 50.2 Å². The number of nitrogens with zero attached hydrogens (tertiary/aromatic N) is 2. The molecule has 1 aliphatic carbocycles. The van der Waals surface area contributed by atoms with Gasteiger partial charge in [0.2, 0.25) is 17.7 Å². The Morgan fingerprint density at radius 2 is 1.79 bits per heavy atom. The van der Waals surface area contributed by atoms with Gasteiger partial charge in [-0.3, -0.25) is 24.2 Å². The highest BCUT2D eigenvalue weighted by atomic mass is 32.1. The number of rotatable bonds is 7. The summed E-state index contributed by atoms with van der Waals surface area (Å²) in [6.45, 7) is 2.92. The zero-order chi connectivity index (χ0) is 19.5. The number of thiophene rings is 1. The van der Waals surface area contributed by atoms with Crippen LogP contribution >= 0.6 is 11.3 Å². The van der Waals surface area contributed by atoms with E-state index in [1.807, 2.05) is 0 Å². The Bertz CT molecular complexity index is 690. The number of carbonyl (C=O) groups is 3. The van der Waals surface area contributed by atoms with Crippen LogP contribution in [0.1, 0.15) is 55.9 Å². The normalized spacial score (nSPS) is 26.5. The first-order chi connectivity index (χ1) is 13.6. The van der Waals surface area contributed by atoms with Gasteiger partial charge in [0, 0.05) is 24.4 Å². The lowest BCUT2D eigenvalue weighted by Gasteiger charge is -2.27. The monoisotopic (exact) mass is 403 g/mol. The molecule has 3 amide bonds. The quantitative estimate of drug-likeness (QED) is 0.711. The second-order valence-electron chi connectivity index (χ2n) is 8.15. The molecule has 7 heteroatoms. The fraction of sp³-hybridized carbons (Fsp3) is 0.667. The van der Waals surface area contributed by atoms with Crippen molar-refractivity contribution in [3.63, 3.8) is 0 Å². The third-order valence-corrected chi connectivity index (χ3v) is 7.41. The van der Waals surface area contributed by atoms with E-state index in [0.717, 1.165) is 38.8 Å². The van der Waals surface area contributed by atoms with E-state index in [0.29, 0.717) is 6.54 Å². The van der Waals surface area contributed by atoms with Gasteiger partial charge in [-0.15, -0.1) is 11.3 Å². The number of likely N-dealkylation sites (tertiary alicyclic amines) is 2. The average molecular weight is 404 g/mol. The molecule has 1 aromatic heterocycles. The number of imide groups is 1. The third kappa shape index (κ3) is 4.01. The first kappa shape index (κ1) is 19.6. The SMILES string of the molecule is O=C(CCN1C(=O)[C@H]2CCCC[C@H]2C1=O)NC[C@@H](c1cccs1)N1CCCC1. The summed E-state index contributed by atoms with van der Waals surface area (Å²) in [5.74, 6) is -0.478. The number of fused-ring (bicyclic) bond motifs is 1. The molecule has 0 bridgehead atoms. The number of carbonyl (C=O) groups excluding carboxylic acids is 3. The van der Waals surface area contributed by atoms with E-state index in [1.54, 1.807) is 11.3 Å². The van der Waals surface area contributed by atoms with Crippen molar-refractivity contribution in [3.05, 3.63) is 22.4 Å². The number of nitrogens with one attached hydrogen (secondary N) is 1. The molecule has 3 fully saturated rings. The van der Waals surface area contributed by atoms with Crippen LogP contribution in [0.15, 0.2) is 17.5 Å². The maximum atomic E-state index is 12.5. The zero-order valence-corrected chi connectivity index (χ0v) is 17.1. The van der Waals surface area contributed by atoms with Gasteiger partial charge in [0.15, 0.2) is 0 Å². The summed E-state index contributed by atoms with van der Waals surface area (Å²) in [6.07, 6.45) is 6.28. The fourth-order valence-electron chi connectivity index (χ4n) is 4.91. The van der Waals surface area contributed by atoms with Crippen LogP contribution in [-0.2, 0) is 14.4 Å². The van der Waals surface area contributed by atoms with Gasteiger partial charge in [-0.1, -0.05) is 18.9 Å².